The standard InChI is InChI=1S/C20H27N.C11H13Cl.C4H10/c1-14-10-11-21(13-15(14)2)18-9-8-16-4-3-5-19(17-6-7-17)20(16)12-18;1-3-6-9(2)10-7-4-5-8-11(10)12;1-3-4-2/h3-5,17-18H,6-13H2,1-2H3;4-8H,3H2,1-2H3;3-4H2,1-2H3/b;9-6-;. The molecule has 1 fully saturated rings. The van der Waals surface area contributed by atoms with Crippen LogP contribution < -0.4 is 0 Å². The van der Waals surface area contributed by atoms with E-state index < -0.39 is 0 Å². The summed E-state index contributed by atoms with van der Waals surface area (Å²) < 4.78 is 0. The Balaban J connectivity index is 0.000000202. The van der Waals surface area contributed by atoms with E-state index in [1.807, 2.05) is 24.3 Å². The number of hydrogen-bond acceptors (Lipinski definition) is 1. The summed E-state index contributed by atoms with van der Waals surface area (Å²) in [5.74, 6) is 0.893. The predicted molar refractivity (Wildman–Crippen MR) is 165 cm³/mol. The number of aryl methyl sites for hydroxylation is 1. The summed E-state index contributed by atoms with van der Waals surface area (Å²) in [5, 5.41) is 0.833. The Morgan fingerprint density at radius 2 is 1.65 bits per heavy atom. The molecule has 2 aliphatic carbocycles. The van der Waals surface area contributed by atoms with Crippen LogP contribution in [0.4, 0.5) is 0 Å². The molecule has 0 bridgehead atoms. The van der Waals surface area contributed by atoms with Crippen molar-refractivity contribution < 1.29 is 0 Å². The molecule has 0 amide bonds. The van der Waals surface area contributed by atoms with Gasteiger partial charge in [-0.25, -0.2) is 0 Å². The van der Waals surface area contributed by atoms with Crippen molar-refractivity contribution in [3.05, 3.63) is 87.0 Å². The number of halogens is 1. The summed E-state index contributed by atoms with van der Waals surface area (Å²) >= 11 is 6.01. The summed E-state index contributed by atoms with van der Waals surface area (Å²) in [6.45, 7) is 15.7. The molecule has 5 rings (SSSR count). The first-order valence-electron chi connectivity index (χ1n) is 14.8. The van der Waals surface area contributed by atoms with E-state index in [4.69, 9.17) is 11.6 Å². The van der Waals surface area contributed by atoms with Crippen molar-refractivity contribution in [3.8, 4) is 0 Å². The Morgan fingerprint density at radius 3 is 2.27 bits per heavy atom. The van der Waals surface area contributed by atoms with Crippen molar-refractivity contribution >= 4 is 17.2 Å². The lowest BCUT2D eigenvalue weighted by atomic mass is 9.83. The van der Waals surface area contributed by atoms with E-state index in [0.29, 0.717) is 0 Å². The Kier molecular flexibility index (Phi) is 12.0. The Hall–Kier alpha value is -1.83. The van der Waals surface area contributed by atoms with Crippen molar-refractivity contribution in [2.75, 3.05) is 13.1 Å². The molecule has 3 aliphatic rings. The molecule has 2 heteroatoms. The minimum absolute atomic E-state index is 0.778. The van der Waals surface area contributed by atoms with E-state index in [0.717, 1.165) is 29.0 Å². The number of allylic oxidation sites excluding steroid dienone is 2. The molecule has 1 heterocycles. The van der Waals surface area contributed by atoms with Crippen molar-refractivity contribution in [2.45, 2.75) is 111 Å². The van der Waals surface area contributed by atoms with Crippen LogP contribution in [0.5, 0.6) is 0 Å². The Labute approximate surface area is 233 Å². The lowest BCUT2D eigenvalue weighted by molar-refractivity contribution is 0.187. The second-order valence-corrected chi connectivity index (χ2v) is 11.6. The first-order valence-corrected chi connectivity index (χ1v) is 15.2. The van der Waals surface area contributed by atoms with Crippen LogP contribution in [0.1, 0.15) is 115 Å². The third-order valence-electron chi connectivity index (χ3n) is 8.28. The van der Waals surface area contributed by atoms with Gasteiger partial charge in [0.1, 0.15) is 0 Å². The average Bonchev–Trinajstić information content (AvgIpc) is 3.76. The van der Waals surface area contributed by atoms with Gasteiger partial charge in [0, 0.05) is 24.2 Å². The summed E-state index contributed by atoms with van der Waals surface area (Å²) in [4.78, 5) is 2.76. The van der Waals surface area contributed by atoms with Gasteiger partial charge in [0.15, 0.2) is 0 Å². The maximum absolute atomic E-state index is 6.01. The fourth-order valence-corrected chi connectivity index (χ4v) is 5.72. The lowest BCUT2D eigenvalue weighted by Crippen LogP contribution is -2.43. The molecule has 0 N–H and O–H groups in total. The van der Waals surface area contributed by atoms with Crippen LogP contribution in [0.2, 0.25) is 5.02 Å². The van der Waals surface area contributed by atoms with E-state index in [1.165, 1.54) is 70.0 Å². The van der Waals surface area contributed by atoms with E-state index in [-0.39, 0.29) is 0 Å². The van der Waals surface area contributed by atoms with Gasteiger partial charge in [0.05, 0.1) is 0 Å². The smallest absolute Gasteiger partial charge is 0.0480 e. The second-order valence-electron chi connectivity index (χ2n) is 11.2. The molecule has 1 unspecified atom stereocenters. The number of rotatable bonds is 5. The van der Waals surface area contributed by atoms with E-state index >= 15 is 0 Å². The van der Waals surface area contributed by atoms with Gasteiger partial charge >= 0.3 is 0 Å². The average molecular weight is 520 g/mol. The normalized spacial score (nSPS) is 19.9. The molecule has 1 saturated carbocycles. The third-order valence-corrected chi connectivity index (χ3v) is 8.61. The highest BCUT2D eigenvalue weighted by atomic mass is 35.5. The van der Waals surface area contributed by atoms with E-state index in [1.54, 1.807) is 27.8 Å². The molecule has 0 radical (unpaired) electrons. The van der Waals surface area contributed by atoms with Crippen LogP contribution in [-0.2, 0) is 12.8 Å². The fraction of sp³-hybridized carbons (Fsp3) is 0.543. The summed E-state index contributed by atoms with van der Waals surface area (Å²) in [5.41, 5.74) is 10.7. The third kappa shape index (κ3) is 8.59. The molecule has 202 valence electrons. The Bertz CT molecular complexity index is 1060. The summed E-state index contributed by atoms with van der Waals surface area (Å²) in [6, 6.07) is 15.8. The second kappa shape index (κ2) is 14.9. The van der Waals surface area contributed by atoms with E-state index in [2.05, 4.69) is 70.7 Å². The van der Waals surface area contributed by atoms with Gasteiger partial charge in [-0.1, -0.05) is 98.8 Å². The van der Waals surface area contributed by atoms with Gasteiger partial charge in [-0.3, -0.25) is 4.90 Å². The first-order chi connectivity index (χ1) is 17.9. The molecule has 2 aromatic carbocycles. The van der Waals surface area contributed by atoms with Crippen molar-refractivity contribution in [2.24, 2.45) is 0 Å². The highest BCUT2D eigenvalue weighted by Crippen LogP contribution is 2.44. The number of fused-ring (bicyclic) bond motifs is 1. The van der Waals surface area contributed by atoms with Crippen LogP contribution in [0, 0.1) is 0 Å². The van der Waals surface area contributed by atoms with Crippen LogP contribution in [0.15, 0.2) is 59.7 Å². The first kappa shape index (κ1) is 29.7. The zero-order valence-electron chi connectivity index (χ0n) is 24.4. The highest BCUT2D eigenvalue weighted by molar-refractivity contribution is 6.32. The fourth-order valence-electron chi connectivity index (χ4n) is 5.44. The topological polar surface area (TPSA) is 3.24 Å². The molecule has 37 heavy (non-hydrogen) atoms. The molecule has 2 aromatic rings. The van der Waals surface area contributed by atoms with Gasteiger partial charge in [-0.05, 0) is 106 Å². The van der Waals surface area contributed by atoms with Crippen LogP contribution in [0.3, 0.4) is 0 Å². The quantitative estimate of drug-likeness (QED) is 0.355. The monoisotopic (exact) mass is 519 g/mol. The van der Waals surface area contributed by atoms with Crippen LogP contribution in [0.25, 0.3) is 5.57 Å². The van der Waals surface area contributed by atoms with E-state index in [9.17, 15) is 0 Å². The molecule has 0 saturated heterocycles. The lowest BCUT2D eigenvalue weighted by Gasteiger charge is -2.39. The summed E-state index contributed by atoms with van der Waals surface area (Å²) in [7, 11) is 0. The zero-order valence-corrected chi connectivity index (χ0v) is 25.1. The number of benzene rings is 2. The molecule has 0 aromatic heterocycles. The molecule has 1 atom stereocenters. The molecular formula is C35H50ClN. The van der Waals surface area contributed by atoms with Gasteiger partial charge in [0.25, 0.3) is 0 Å². The molecular weight excluding hydrogens is 470 g/mol. The number of nitrogens with zero attached hydrogens (tertiary/aromatic N) is 1. The molecule has 1 nitrogen and oxygen atoms in total. The number of hydrogen-bond donors (Lipinski definition) is 0. The van der Waals surface area contributed by atoms with Crippen molar-refractivity contribution in [1.82, 2.24) is 4.90 Å². The summed E-state index contributed by atoms with van der Waals surface area (Å²) in [6.07, 6.45) is 13.9. The van der Waals surface area contributed by atoms with Gasteiger partial charge in [0.2, 0.25) is 0 Å². The largest absolute Gasteiger partial charge is 0.296 e. The van der Waals surface area contributed by atoms with Gasteiger partial charge in [-0.2, -0.15) is 0 Å². The molecule has 0 spiro atoms. The minimum Gasteiger partial charge on any atom is -0.296 e. The van der Waals surface area contributed by atoms with Crippen molar-refractivity contribution in [1.29, 1.82) is 0 Å². The predicted octanol–water partition coefficient (Wildman–Crippen LogP) is 10.4. The van der Waals surface area contributed by atoms with Crippen LogP contribution >= 0.6 is 11.6 Å². The Morgan fingerprint density at radius 1 is 0.919 bits per heavy atom. The van der Waals surface area contributed by atoms with Gasteiger partial charge < -0.3 is 0 Å². The van der Waals surface area contributed by atoms with Gasteiger partial charge in [-0.15, -0.1) is 0 Å². The SMILES string of the molecule is CC/C=C(/C)c1ccccc1Cl.CC1=C(C)CN(C2CCc3cccc(C4CC4)c3C2)CC1.CCCC. The minimum atomic E-state index is 0.778. The van der Waals surface area contributed by atoms with Crippen molar-refractivity contribution in [3.63, 3.8) is 0 Å². The number of unbranched alkanes of at least 4 members (excludes halogenated alkanes) is 1. The maximum atomic E-state index is 6.01. The zero-order chi connectivity index (χ0) is 26.8. The molecule has 1 aliphatic heterocycles. The van der Waals surface area contributed by atoms with Crippen LogP contribution in [-0.4, -0.2) is 24.0 Å². The highest BCUT2D eigenvalue weighted by Gasteiger charge is 2.32. The maximum Gasteiger partial charge on any atom is 0.0480 e.